The summed E-state index contributed by atoms with van der Waals surface area (Å²) in [6.45, 7) is 0.832. The van der Waals surface area contributed by atoms with E-state index in [1.807, 2.05) is 0 Å². The van der Waals surface area contributed by atoms with Crippen molar-refractivity contribution in [3.8, 4) is 5.75 Å². The maximum absolute atomic E-state index is 12.8. The lowest BCUT2D eigenvalue weighted by atomic mass is 10.2. The Kier molecular flexibility index (Phi) is 5.01. The first-order valence-electron chi connectivity index (χ1n) is 5.52. The number of rotatable bonds is 4. The number of esters is 1. The standard InChI is InChI=1S/C12H12F3NO5/c1-7(17)21-16(12(13,14)15)8-4-5-9(11(18)20-3)10(6-8)19-2/h4-6H,1-3H3. The number of anilines is 1. The maximum Gasteiger partial charge on any atom is 0.517 e. The van der Waals surface area contributed by atoms with Gasteiger partial charge in [-0.25, -0.2) is 4.79 Å². The van der Waals surface area contributed by atoms with Crippen LogP contribution in [0.2, 0.25) is 0 Å². The topological polar surface area (TPSA) is 65.1 Å². The molecular weight excluding hydrogens is 295 g/mol. The number of benzene rings is 1. The molecule has 1 aromatic rings. The molecule has 1 rings (SSSR count). The predicted octanol–water partition coefficient (Wildman–Crippen LogP) is 2.29. The van der Waals surface area contributed by atoms with E-state index < -0.39 is 29.0 Å². The molecule has 0 aromatic heterocycles. The number of hydrogen-bond donors (Lipinski definition) is 0. The van der Waals surface area contributed by atoms with E-state index >= 15 is 0 Å². The molecule has 9 heteroatoms. The maximum atomic E-state index is 12.8. The van der Waals surface area contributed by atoms with Crippen molar-refractivity contribution < 1.29 is 37.1 Å². The summed E-state index contributed by atoms with van der Waals surface area (Å²) in [5.74, 6) is -2.08. The lowest BCUT2D eigenvalue weighted by Crippen LogP contribution is -2.39. The fourth-order valence-corrected chi connectivity index (χ4v) is 1.46. The van der Waals surface area contributed by atoms with Crippen molar-refractivity contribution in [1.82, 2.24) is 0 Å². The van der Waals surface area contributed by atoms with E-state index in [1.54, 1.807) is 0 Å². The zero-order valence-corrected chi connectivity index (χ0v) is 11.4. The second-order valence-electron chi connectivity index (χ2n) is 3.72. The zero-order valence-electron chi connectivity index (χ0n) is 11.4. The van der Waals surface area contributed by atoms with Crippen LogP contribution in [0.1, 0.15) is 17.3 Å². The Bertz CT molecular complexity index is 544. The van der Waals surface area contributed by atoms with Gasteiger partial charge in [0.05, 0.1) is 19.9 Å². The fraction of sp³-hybridized carbons (Fsp3) is 0.333. The van der Waals surface area contributed by atoms with Crippen LogP contribution in [-0.4, -0.2) is 32.5 Å². The number of ether oxygens (including phenoxy) is 2. The van der Waals surface area contributed by atoms with Crippen molar-refractivity contribution in [2.45, 2.75) is 13.2 Å². The summed E-state index contributed by atoms with van der Waals surface area (Å²) >= 11 is 0. The molecule has 0 aliphatic carbocycles. The van der Waals surface area contributed by atoms with Gasteiger partial charge in [0.1, 0.15) is 11.3 Å². The lowest BCUT2D eigenvalue weighted by Gasteiger charge is -2.24. The third-order valence-corrected chi connectivity index (χ3v) is 2.28. The Hall–Kier alpha value is -2.45. The van der Waals surface area contributed by atoms with E-state index in [0.717, 1.165) is 32.2 Å². The van der Waals surface area contributed by atoms with E-state index in [0.29, 0.717) is 0 Å². The highest BCUT2D eigenvalue weighted by Gasteiger charge is 2.41. The molecule has 0 saturated heterocycles. The molecule has 0 unspecified atom stereocenters. The summed E-state index contributed by atoms with van der Waals surface area (Å²) in [5.41, 5.74) is -0.587. The molecule has 1 aromatic carbocycles. The van der Waals surface area contributed by atoms with Gasteiger partial charge in [-0.15, -0.1) is 18.2 Å². The number of nitrogens with zero attached hydrogens (tertiary/aromatic N) is 1. The van der Waals surface area contributed by atoms with Crippen molar-refractivity contribution in [1.29, 1.82) is 0 Å². The number of hydrogen-bond acceptors (Lipinski definition) is 6. The average molecular weight is 307 g/mol. The largest absolute Gasteiger partial charge is 0.517 e. The first kappa shape index (κ1) is 16.6. The van der Waals surface area contributed by atoms with Gasteiger partial charge < -0.3 is 14.3 Å². The highest BCUT2D eigenvalue weighted by Crippen LogP contribution is 2.33. The first-order chi connectivity index (χ1) is 9.70. The number of alkyl halides is 3. The lowest BCUT2D eigenvalue weighted by molar-refractivity contribution is -0.197. The Morgan fingerprint density at radius 2 is 1.81 bits per heavy atom. The van der Waals surface area contributed by atoms with Crippen LogP contribution in [-0.2, 0) is 14.4 Å². The van der Waals surface area contributed by atoms with Crippen LogP contribution < -0.4 is 9.80 Å². The van der Waals surface area contributed by atoms with Crippen LogP contribution in [0.15, 0.2) is 18.2 Å². The van der Waals surface area contributed by atoms with Gasteiger partial charge in [0, 0.05) is 13.0 Å². The summed E-state index contributed by atoms with van der Waals surface area (Å²) in [6, 6.07) is 2.93. The third-order valence-electron chi connectivity index (χ3n) is 2.28. The minimum absolute atomic E-state index is 0.0614. The second kappa shape index (κ2) is 6.33. The van der Waals surface area contributed by atoms with Gasteiger partial charge in [-0.3, -0.25) is 4.79 Å². The molecule has 0 aliphatic rings. The summed E-state index contributed by atoms with van der Waals surface area (Å²) < 4.78 is 47.8. The molecule has 21 heavy (non-hydrogen) atoms. The van der Waals surface area contributed by atoms with E-state index in [4.69, 9.17) is 4.74 Å². The molecular formula is C12H12F3NO5. The van der Waals surface area contributed by atoms with Crippen LogP contribution in [0.4, 0.5) is 18.9 Å². The van der Waals surface area contributed by atoms with Crippen LogP contribution in [0.5, 0.6) is 5.75 Å². The molecule has 6 nitrogen and oxygen atoms in total. The molecule has 0 N–H and O–H groups in total. The summed E-state index contributed by atoms with van der Waals surface area (Å²) in [5, 5.41) is -0.529. The van der Waals surface area contributed by atoms with E-state index in [9.17, 15) is 22.8 Å². The van der Waals surface area contributed by atoms with Crippen molar-refractivity contribution >= 4 is 17.6 Å². The van der Waals surface area contributed by atoms with Gasteiger partial charge in [0.15, 0.2) is 0 Å². The van der Waals surface area contributed by atoms with Gasteiger partial charge in [-0.05, 0) is 12.1 Å². The van der Waals surface area contributed by atoms with Gasteiger partial charge in [0.25, 0.3) is 0 Å². The van der Waals surface area contributed by atoms with E-state index in [-0.39, 0.29) is 11.3 Å². The van der Waals surface area contributed by atoms with Gasteiger partial charge in [-0.2, -0.15) is 0 Å². The highest BCUT2D eigenvalue weighted by atomic mass is 19.4. The number of carbonyl (C=O) groups excluding carboxylic acids is 2. The van der Waals surface area contributed by atoms with Crippen LogP contribution >= 0.6 is 0 Å². The van der Waals surface area contributed by atoms with Crippen molar-refractivity contribution in [2.75, 3.05) is 19.3 Å². The number of halogens is 3. The normalized spacial score (nSPS) is 10.8. The summed E-state index contributed by atoms with van der Waals surface area (Å²) in [4.78, 5) is 26.3. The van der Waals surface area contributed by atoms with Gasteiger partial charge in [0.2, 0.25) is 0 Å². The van der Waals surface area contributed by atoms with Crippen LogP contribution in [0.3, 0.4) is 0 Å². The minimum Gasteiger partial charge on any atom is -0.496 e. The SMILES string of the molecule is COC(=O)c1ccc(N(OC(C)=O)C(F)(F)F)cc1OC. The van der Waals surface area contributed by atoms with E-state index in [2.05, 4.69) is 9.57 Å². The van der Waals surface area contributed by atoms with Gasteiger partial charge in [-0.1, -0.05) is 0 Å². The summed E-state index contributed by atoms with van der Waals surface area (Å²) in [6.07, 6.45) is -4.95. The van der Waals surface area contributed by atoms with Crippen molar-refractivity contribution in [2.24, 2.45) is 0 Å². The Morgan fingerprint density at radius 3 is 2.24 bits per heavy atom. The first-order valence-corrected chi connectivity index (χ1v) is 5.52. The fourth-order valence-electron chi connectivity index (χ4n) is 1.46. The molecule has 0 bridgehead atoms. The second-order valence-corrected chi connectivity index (χ2v) is 3.72. The van der Waals surface area contributed by atoms with Crippen molar-refractivity contribution in [3.05, 3.63) is 23.8 Å². The molecule has 0 heterocycles. The van der Waals surface area contributed by atoms with Crippen LogP contribution in [0.25, 0.3) is 0 Å². The molecule has 0 spiro atoms. The molecule has 0 aliphatic heterocycles. The molecule has 0 radical (unpaired) electrons. The third kappa shape index (κ3) is 4.01. The summed E-state index contributed by atoms with van der Waals surface area (Å²) in [7, 11) is 2.30. The smallest absolute Gasteiger partial charge is 0.496 e. The van der Waals surface area contributed by atoms with Crippen LogP contribution in [0, 0.1) is 0 Å². The van der Waals surface area contributed by atoms with Crippen molar-refractivity contribution in [3.63, 3.8) is 0 Å². The van der Waals surface area contributed by atoms with E-state index in [1.165, 1.54) is 7.11 Å². The van der Waals surface area contributed by atoms with Gasteiger partial charge >= 0.3 is 18.2 Å². The quantitative estimate of drug-likeness (QED) is 0.483. The molecule has 116 valence electrons. The number of methoxy groups -OCH3 is 2. The Balaban J connectivity index is 3.28. The monoisotopic (exact) mass is 307 g/mol. The molecule has 0 fully saturated rings. The zero-order chi connectivity index (χ0) is 16.2. The number of carbonyl (C=O) groups is 2. The average Bonchev–Trinajstić information content (AvgIpc) is 2.41. The Morgan fingerprint density at radius 1 is 1.19 bits per heavy atom. The highest BCUT2D eigenvalue weighted by molar-refractivity contribution is 5.93. The molecule has 0 saturated carbocycles. The molecule has 0 amide bonds. The minimum atomic E-state index is -4.95. The predicted molar refractivity (Wildman–Crippen MR) is 64.6 cm³/mol. The Labute approximate surface area is 117 Å². The number of hydroxylamine groups is 1. The molecule has 0 atom stereocenters.